The van der Waals surface area contributed by atoms with Gasteiger partial charge < -0.3 is 5.11 Å². The Morgan fingerprint density at radius 2 is 2.20 bits per heavy atom. The highest BCUT2D eigenvalue weighted by Gasteiger charge is 2.35. The second kappa shape index (κ2) is 3.69. The van der Waals surface area contributed by atoms with Crippen LogP contribution in [-0.2, 0) is 12.0 Å². The molecule has 1 aliphatic carbocycles. The zero-order chi connectivity index (χ0) is 10.9. The van der Waals surface area contributed by atoms with Crippen LogP contribution < -0.4 is 0 Å². The zero-order valence-electron chi connectivity index (χ0n) is 9.09. The minimum absolute atomic E-state index is 0.776. The number of aliphatic hydroxyl groups is 1. The van der Waals surface area contributed by atoms with Crippen molar-refractivity contribution in [1.29, 1.82) is 0 Å². The van der Waals surface area contributed by atoms with E-state index in [1.807, 2.05) is 25.1 Å². The number of rotatable bonds is 1. The maximum absolute atomic E-state index is 10.7. The first-order chi connectivity index (χ1) is 7.18. The molecular weight excluding hydrogens is 184 g/mol. The average molecular weight is 200 g/mol. The van der Waals surface area contributed by atoms with Crippen LogP contribution in [0.4, 0.5) is 0 Å². The summed E-state index contributed by atoms with van der Waals surface area (Å²) in [4.78, 5) is 0. The predicted molar refractivity (Wildman–Crippen MR) is 61.6 cm³/mol. The van der Waals surface area contributed by atoms with Crippen molar-refractivity contribution in [2.45, 2.75) is 31.8 Å². The summed E-state index contributed by atoms with van der Waals surface area (Å²) in [5.41, 5.74) is 5.11. The summed E-state index contributed by atoms with van der Waals surface area (Å²) >= 11 is 0. The van der Waals surface area contributed by atoms with E-state index in [0.717, 1.165) is 30.4 Å². The monoisotopic (exact) mass is 200 g/mol. The maximum Gasteiger partial charge on any atom is 0.118 e. The first kappa shape index (κ1) is 10.2. The average Bonchev–Trinajstić information content (AvgIpc) is 2.28. The number of aryl methyl sites for hydroxylation is 1. The fourth-order valence-electron chi connectivity index (χ4n) is 2.35. The van der Waals surface area contributed by atoms with Crippen molar-refractivity contribution in [3.63, 3.8) is 0 Å². The van der Waals surface area contributed by atoms with Crippen LogP contribution >= 0.6 is 0 Å². The van der Waals surface area contributed by atoms with E-state index in [2.05, 4.69) is 18.4 Å². The molecule has 0 spiro atoms. The molecule has 1 atom stereocenters. The van der Waals surface area contributed by atoms with Gasteiger partial charge in [-0.25, -0.2) is 0 Å². The second-order valence-corrected chi connectivity index (χ2v) is 4.17. The van der Waals surface area contributed by atoms with Crippen molar-refractivity contribution >= 4 is 0 Å². The smallest absolute Gasteiger partial charge is 0.118 e. The Morgan fingerprint density at radius 1 is 1.47 bits per heavy atom. The van der Waals surface area contributed by atoms with E-state index >= 15 is 0 Å². The van der Waals surface area contributed by atoms with Crippen molar-refractivity contribution in [2.24, 2.45) is 0 Å². The van der Waals surface area contributed by atoms with Crippen LogP contribution in [0.2, 0.25) is 0 Å². The molecule has 1 unspecified atom stereocenters. The van der Waals surface area contributed by atoms with E-state index in [1.54, 1.807) is 0 Å². The Labute approximate surface area is 90.8 Å². The van der Waals surface area contributed by atoms with Gasteiger partial charge in [0.15, 0.2) is 0 Å². The molecule has 1 N–H and O–H groups in total. The van der Waals surface area contributed by atoms with Crippen molar-refractivity contribution in [3.8, 4) is 0 Å². The molecule has 0 radical (unpaired) electrons. The molecule has 0 bridgehead atoms. The molecule has 0 heterocycles. The molecule has 1 aliphatic rings. The Kier molecular flexibility index (Phi) is 2.52. The van der Waals surface area contributed by atoms with Gasteiger partial charge in [-0.05, 0) is 37.3 Å². The van der Waals surface area contributed by atoms with E-state index in [4.69, 9.17) is 0 Å². The molecule has 0 fully saturated rings. The van der Waals surface area contributed by atoms with Gasteiger partial charge >= 0.3 is 0 Å². The Balaban J connectivity index is 2.59. The van der Waals surface area contributed by atoms with E-state index in [1.165, 1.54) is 5.56 Å². The molecule has 0 saturated carbocycles. The van der Waals surface area contributed by atoms with Crippen LogP contribution in [0, 0.1) is 0 Å². The number of hydrogen-bond donors (Lipinski definition) is 1. The molecule has 1 heteroatoms. The Morgan fingerprint density at radius 3 is 2.93 bits per heavy atom. The van der Waals surface area contributed by atoms with Crippen LogP contribution in [0.15, 0.2) is 42.1 Å². The SMILES string of the molecule is C=C=C(C)C1(O)CCCc2ccccc21. The van der Waals surface area contributed by atoms with Crippen LogP contribution in [0.25, 0.3) is 0 Å². The molecule has 15 heavy (non-hydrogen) atoms. The molecule has 0 amide bonds. The second-order valence-electron chi connectivity index (χ2n) is 4.17. The van der Waals surface area contributed by atoms with Crippen molar-refractivity contribution in [2.75, 3.05) is 0 Å². The van der Waals surface area contributed by atoms with Crippen LogP contribution in [0.5, 0.6) is 0 Å². The van der Waals surface area contributed by atoms with Crippen molar-refractivity contribution < 1.29 is 5.11 Å². The summed E-state index contributed by atoms with van der Waals surface area (Å²) in [7, 11) is 0. The highest BCUT2D eigenvalue weighted by atomic mass is 16.3. The van der Waals surface area contributed by atoms with Gasteiger partial charge in [-0.15, -0.1) is 5.73 Å². The van der Waals surface area contributed by atoms with Gasteiger partial charge in [-0.3, -0.25) is 0 Å². The quantitative estimate of drug-likeness (QED) is 0.691. The number of hydrogen-bond acceptors (Lipinski definition) is 1. The van der Waals surface area contributed by atoms with Gasteiger partial charge in [0, 0.05) is 5.57 Å². The van der Waals surface area contributed by atoms with E-state index in [-0.39, 0.29) is 0 Å². The molecule has 2 rings (SSSR count). The molecule has 1 nitrogen and oxygen atoms in total. The summed E-state index contributed by atoms with van der Waals surface area (Å²) in [5, 5.41) is 10.7. The molecule has 1 aromatic rings. The summed E-state index contributed by atoms with van der Waals surface area (Å²) < 4.78 is 0. The standard InChI is InChI=1S/C14H16O/c1-3-11(2)14(15)10-6-8-12-7-4-5-9-13(12)14/h4-5,7,9,15H,1,6,8,10H2,2H3. The van der Waals surface area contributed by atoms with Gasteiger partial charge in [0.05, 0.1) is 0 Å². The first-order valence-corrected chi connectivity index (χ1v) is 5.36. The summed E-state index contributed by atoms with van der Waals surface area (Å²) in [6, 6.07) is 8.11. The lowest BCUT2D eigenvalue weighted by molar-refractivity contribution is 0.0575. The molecule has 0 aromatic heterocycles. The number of benzene rings is 1. The summed E-state index contributed by atoms with van der Waals surface area (Å²) in [6.07, 6.45) is 2.85. The lowest BCUT2D eigenvalue weighted by Gasteiger charge is -2.34. The Bertz CT molecular complexity index is 427. The fraction of sp³-hybridized carbons (Fsp3) is 0.357. The molecule has 78 valence electrons. The van der Waals surface area contributed by atoms with Crippen molar-refractivity contribution in [3.05, 3.63) is 53.3 Å². The molecule has 0 aliphatic heterocycles. The zero-order valence-corrected chi connectivity index (χ0v) is 9.09. The third-order valence-electron chi connectivity index (χ3n) is 3.33. The largest absolute Gasteiger partial charge is 0.380 e. The fourth-order valence-corrected chi connectivity index (χ4v) is 2.35. The highest BCUT2D eigenvalue weighted by molar-refractivity contribution is 5.40. The molecule has 0 saturated heterocycles. The number of fused-ring (bicyclic) bond motifs is 1. The van der Waals surface area contributed by atoms with Gasteiger partial charge in [0.25, 0.3) is 0 Å². The van der Waals surface area contributed by atoms with Gasteiger partial charge in [-0.1, -0.05) is 30.8 Å². The minimum Gasteiger partial charge on any atom is -0.380 e. The summed E-state index contributed by atoms with van der Waals surface area (Å²) in [5.74, 6) is 0. The van der Waals surface area contributed by atoms with E-state index < -0.39 is 5.60 Å². The maximum atomic E-state index is 10.7. The van der Waals surface area contributed by atoms with Crippen LogP contribution in [-0.4, -0.2) is 5.11 Å². The van der Waals surface area contributed by atoms with Crippen LogP contribution in [0.3, 0.4) is 0 Å². The first-order valence-electron chi connectivity index (χ1n) is 5.36. The lowest BCUT2D eigenvalue weighted by atomic mass is 9.75. The van der Waals surface area contributed by atoms with Gasteiger partial charge in [-0.2, -0.15) is 0 Å². The van der Waals surface area contributed by atoms with Crippen molar-refractivity contribution in [1.82, 2.24) is 0 Å². The third-order valence-corrected chi connectivity index (χ3v) is 3.33. The molecular formula is C14H16O. The van der Waals surface area contributed by atoms with Crippen LogP contribution in [0.1, 0.15) is 30.9 Å². The van der Waals surface area contributed by atoms with Gasteiger partial charge in [0.2, 0.25) is 0 Å². The molecule has 1 aromatic carbocycles. The van der Waals surface area contributed by atoms with E-state index in [9.17, 15) is 5.11 Å². The lowest BCUT2D eigenvalue weighted by Crippen LogP contribution is -2.31. The minimum atomic E-state index is -0.837. The third kappa shape index (κ3) is 1.54. The predicted octanol–water partition coefficient (Wildman–Crippen LogP) is 2.94. The van der Waals surface area contributed by atoms with Gasteiger partial charge in [0.1, 0.15) is 5.60 Å². The van der Waals surface area contributed by atoms with E-state index in [0.29, 0.717) is 0 Å². The normalized spacial score (nSPS) is 24.1. The highest BCUT2D eigenvalue weighted by Crippen LogP contribution is 2.39. The summed E-state index contributed by atoms with van der Waals surface area (Å²) in [6.45, 7) is 5.53. The topological polar surface area (TPSA) is 20.2 Å². The Hall–Kier alpha value is -1.30.